The van der Waals surface area contributed by atoms with Crippen LogP contribution in [-0.4, -0.2) is 30.3 Å². The molecule has 4 rings (SSSR count). The Bertz CT molecular complexity index is 744. The Labute approximate surface area is 149 Å². The molecule has 4 nitrogen and oxygen atoms in total. The lowest BCUT2D eigenvalue weighted by Gasteiger charge is -2.33. The van der Waals surface area contributed by atoms with Gasteiger partial charge < -0.3 is 10.2 Å². The molecule has 0 amide bonds. The highest BCUT2D eigenvalue weighted by molar-refractivity contribution is 5.89. The van der Waals surface area contributed by atoms with Crippen molar-refractivity contribution >= 4 is 5.71 Å². The standard InChI is InChI=1S/C21H25N3O/c1-2-25-18-10-6-9-17(13-18)21-19-15-24(12-11-20(19)22-23-21)14-16-7-4-3-5-8-16/h3-10,13,19,21,23H,2,11-12,14-15H2,1H3. The number of hydrazone groups is 1. The van der Waals surface area contributed by atoms with E-state index in [-0.39, 0.29) is 6.04 Å². The number of benzene rings is 2. The zero-order chi connectivity index (χ0) is 17.1. The van der Waals surface area contributed by atoms with Crippen molar-refractivity contribution in [1.82, 2.24) is 10.3 Å². The summed E-state index contributed by atoms with van der Waals surface area (Å²) in [5, 5.41) is 4.63. The van der Waals surface area contributed by atoms with Gasteiger partial charge in [0.25, 0.3) is 0 Å². The van der Waals surface area contributed by atoms with Crippen LogP contribution in [0.3, 0.4) is 0 Å². The number of hydrogen-bond donors (Lipinski definition) is 1. The van der Waals surface area contributed by atoms with E-state index in [2.05, 4.69) is 64.0 Å². The quantitative estimate of drug-likeness (QED) is 0.907. The van der Waals surface area contributed by atoms with E-state index in [0.29, 0.717) is 12.5 Å². The third kappa shape index (κ3) is 3.54. The normalized spacial score (nSPS) is 22.8. The molecule has 25 heavy (non-hydrogen) atoms. The van der Waals surface area contributed by atoms with Crippen molar-refractivity contribution in [2.45, 2.75) is 25.9 Å². The first-order valence-electron chi connectivity index (χ1n) is 9.14. The SMILES string of the molecule is CCOc1cccc(C2NN=C3CCN(Cc4ccccc4)CC32)c1. The van der Waals surface area contributed by atoms with Crippen molar-refractivity contribution in [3.05, 3.63) is 65.7 Å². The van der Waals surface area contributed by atoms with Crippen molar-refractivity contribution in [2.75, 3.05) is 19.7 Å². The second-order valence-electron chi connectivity index (χ2n) is 6.79. The molecule has 2 heterocycles. The van der Waals surface area contributed by atoms with Gasteiger partial charge in [-0.25, -0.2) is 0 Å². The summed E-state index contributed by atoms with van der Waals surface area (Å²) in [5.41, 5.74) is 7.33. The minimum absolute atomic E-state index is 0.244. The van der Waals surface area contributed by atoms with Crippen LogP contribution in [0.25, 0.3) is 0 Å². The third-order valence-corrected chi connectivity index (χ3v) is 5.09. The zero-order valence-corrected chi connectivity index (χ0v) is 14.7. The van der Waals surface area contributed by atoms with Gasteiger partial charge in [0.1, 0.15) is 5.75 Å². The van der Waals surface area contributed by atoms with Crippen molar-refractivity contribution in [1.29, 1.82) is 0 Å². The predicted molar refractivity (Wildman–Crippen MR) is 101 cm³/mol. The fourth-order valence-electron chi connectivity index (χ4n) is 3.87. The molecular weight excluding hydrogens is 310 g/mol. The summed E-state index contributed by atoms with van der Waals surface area (Å²) in [6.45, 7) is 5.85. The summed E-state index contributed by atoms with van der Waals surface area (Å²) in [5.74, 6) is 1.38. The fourth-order valence-corrected chi connectivity index (χ4v) is 3.87. The lowest BCUT2D eigenvalue weighted by Crippen LogP contribution is -2.41. The first kappa shape index (κ1) is 16.2. The fraction of sp³-hybridized carbons (Fsp3) is 0.381. The lowest BCUT2D eigenvalue weighted by atomic mass is 9.86. The number of hydrogen-bond acceptors (Lipinski definition) is 4. The number of likely N-dealkylation sites (tertiary alicyclic amines) is 1. The van der Waals surface area contributed by atoms with Gasteiger partial charge in [-0.2, -0.15) is 5.10 Å². The summed E-state index contributed by atoms with van der Waals surface area (Å²) >= 11 is 0. The Kier molecular flexibility index (Phi) is 4.70. The van der Waals surface area contributed by atoms with E-state index < -0.39 is 0 Å². The molecule has 0 radical (unpaired) electrons. The predicted octanol–water partition coefficient (Wildman–Crippen LogP) is 3.61. The molecule has 1 saturated heterocycles. The molecule has 2 aromatic rings. The molecule has 0 aliphatic carbocycles. The van der Waals surface area contributed by atoms with Crippen LogP contribution in [0.2, 0.25) is 0 Å². The highest BCUT2D eigenvalue weighted by Gasteiger charge is 2.37. The Morgan fingerprint density at radius 1 is 1.16 bits per heavy atom. The lowest BCUT2D eigenvalue weighted by molar-refractivity contribution is 0.220. The van der Waals surface area contributed by atoms with Crippen LogP contribution < -0.4 is 10.2 Å². The number of piperidine rings is 1. The summed E-state index contributed by atoms with van der Waals surface area (Å²) in [4.78, 5) is 2.55. The van der Waals surface area contributed by atoms with Crippen LogP contribution in [0.5, 0.6) is 5.75 Å². The molecule has 0 aromatic heterocycles. The van der Waals surface area contributed by atoms with Crippen LogP contribution in [0.1, 0.15) is 30.5 Å². The Morgan fingerprint density at radius 3 is 2.88 bits per heavy atom. The summed E-state index contributed by atoms with van der Waals surface area (Å²) in [6, 6.07) is 19.4. The van der Waals surface area contributed by atoms with Gasteiger partial charge in [-0.1, -0.05) is 42.5 Å². The minimum atomic E-state index is 0.244. The molecule has 2 aromatic carbocycles. The summed E-state index contributed by atoms with van der Waals surface area (Å²) < 4.78 is 5.67. The molecule has 1 N–H and O–H groups in total. The highest BCUT2D eigenvalue weighted by atomic mass is 16.5. The van der Waals surface area contributed by atoms with Crippen molar-refractivity contribution in [2.24, 2.45) is 11.0 Å². The van der Waals surface area contributed by atoms with Crippen molar-refractivity contribution < 1.29 is 4.74 Å². The van der Waals surface area contributed by atoms with E-state index in [0.717, 1.165) is 31.8 Å². The smallest absolute Gasteiger partial charge is 0.119 e. The second-order valence-corrected chi connectivity index (χ2v) is 6.79. The Hall–Kier alpha value is -2.33. The number of nitrogens with zero attached hydrogens (tertiary/aromatic N) is 2. The Balaban J connectivity index is 1.48. The van der Waals surface area contributed by atoms with E-state index in [1.165, 1.54) is 16.8 Å². The molecule has 2 aliphatic rings. The largest absolute Gasteiger partial charge is 0.494 e. The average Bonchev–Trinajstić information content (AvgIpc) is 3.06. The third-order valence-electron chi connectivity index (χ3n) is 5.09. The monoisotopic (exact) mass is 335 g/mol. The van der Waals surface area contributed by atoms with Gasteiger partial charge in [-0.3, -0.25) is 4.90 Å². The molecular formula is C21H25N3O. The van der Waals surface area contributed by atoms with E-state index >= 15 is 0 Å². The van der Waals surface area contributed by atoms with Gasteiger partial charge in [-0.15, -0.1) is 0 Å². The second kappa shape index (κ2) is 7.28. The molecule has 130 valence electrons. The summed E-state index contributed by atoms with van der Waals surface area (Å²) in [7, 11) is 0. The van der Waals surface area contributed by atoms with Crippen LogP contribution in [0.15, 0.2) is 59.7 Å². The van der Waals surface area contributed by atoms with E-state index in [4.69, 9.17) is 4.74 Å². The first-order valence-corrected chi connectivity index (χ1v) is 9.14. The molecule has 2 atom stereocenters. The molecule has 0 spiro atoms. The van der Waals surface area contributed by atoms with Crippen LogP contribution in [0, 0.1) is 5.92 Å². The molecule has 0 saturated carbocycles. The molecule has 0 bridgehead atoms. The minimum Gasteiger partial charge on any atom is -0.494 e. The van der Waals surface area contributed by atoms with E-state index in [1.807, 2.05) is 13.0 Å². The first-order chi connectivity index (χ1) is 12.3. The summed E-state index contributed by atoms with van der Waals surface area (Å²) in [6.07, 6.45) is 1.05. The van der Waals surface area contributed by atoms with Gasteiger partial charge >= 0.3 is 0 Å². The van der Waals surface area contributed by atoms with E-state index in [9.17, 15) is 0 Å². The van der Waals surface area contributed by atoms with Gasteiger partial charge in [-0.05, 0) is 30.2 Å². The van der Waals surface area contributed by atoms with Gasteiger partial charge in [0.2, 0.25) is 0 Å². The molecule has 1 fully saturated rings. The van der Waals surface area contributed by atoms with Crippen molar-refractivity contribution in [3.63, 3.8) is 0 Å². The highest BCUT2D eigenvalue weighted by Crippen LogP contribution is 2.34. The maximum atomic E-state index is 5.67. The molecule has 4 heteroatoms. The van der Waals surface area contributed by atoms with Gasteiger partial charge in [0.15, 0.2) is 0 Å². The Morgan fingerprint density at radius 2 is 2.04 bits per heavy atom. The number of rotatable bonds is 5. The average molecular weight is 335 g/mol. The van der Waals surface area contributed by atoms with Crippen molar-refractivity contribution in [3.8, 4) is 5.75 Å². The molecule has 2 unspecified atom stereocenters. The zero-order valence-electron chi connectivity index (χ0n) is 14.7. The number of nitrogens with one attached hydrogen (secondary N) is 1. The number of fused-ring (bicyclic) bond motifs is 1. The maximum absolute atomic E-state index is 5.67. The van der Waals surface area contributed by atoms with Gasteiger partial charge in [0.05, 0.1) is 12.6 Å². The van der Waals surface area contributed by atoms with Crippen LogP contribution in [0.4, 0.5) is 0 Å². The van der Waals surface area contributed by atoms with Gasteiger partial charge in [0, 0.05) is 37.7 Å². The van der Waals surface area contributed by atoms with Crippen LogP contribution >= 0.6 is 0 Å². The topological polar surface area (TPSA) is 36.9 Å². The van der Waals surface area contributed by atoms with Crippen LogP contribution in [-0.2, 0) is 6.54 Å². The maximum Gasteiger partial charge on any atom is 0.119 e. The molecule has 2 aliphatic heterocycles. The number of ether oxygens (including phenoxy) is 1. The van der Waals surface area contributed by atoms with E-state index in [1.54, 1.807) is 0 Å².